The van der Waals surface area contributed by atoms with Gasteiger partial charge in [0.15, 0.2) is 0 Å². The van der Waals surface area contributed by atoms with Gasteiger partial charge in [0, 0.05) is 23.3 Å². The molecule has 0 spiro atoms. The fraction of sp³-hybridized carbons (Fsp3) is 0.308. The van der Waals surface area contributed by atoms with Crippen molar-refractivity contribution < 1.29 is 9.32 Å². The van der Waals surface area contributed by atoms with Gasteiger partial charge in [-0.3, -0.25) is 4.79 Å². The number of hydrogen-bond donors (Lipinski definition) is 2. The number of carbonyl (C=O) groups excluding carboxylic acids is 1. The predicted molar refractivity (Wildman–Crippen MR) is 78.5 cm³/mol. The molecule has 0 saturated heterocycles. The first-order valence-electron chi connectivity index (χ1n) is 6.20. The van der Waals surface area contributed by atoms with Crippen molar-refractivity contribution in [2.24, 2.45) is 0 Å². The monoisotopic (exact) mass is 338 g/mol. The van der Waals surface area contributed by atoms with Gasteiger partial charge in [-0.05, 0) is 35.8 Å². The van der Waals surface area contributed by atoms with Crippen LogP contribution in [-0.2, 0) is 6.54 Å². The van der Waals surface area contributed by atoms with Gasteiger partial charge in [0.2, 0.25) is 0 Å². The van der Waals surface area contributed by atoms with Crippen LogP contribution in [-0.4, -0.2) is 22.6 Å². The summed E-state index contributed by atoms with van der Waals surface area (Å²) in [6, 6.07) is 3.51. The maximum absolute atomic E-state index is 12.2. The summed E-state index contributed by atoms with van der Waals surface area (Å²) in [6.45, 7) is 4.76. The molecule has 0 aliphatic carbocycles. The summed E-state index contributed by atoms with van der Waals surface area (Å²) >= 11 is 3.32. The first-order chi connectivity index (χ1) is 9.60. The number of carbonyl (C=O) groups is 1. The lowest BCUT2D eigenvalue weighted by Crippen LogP contribution is -2.24. The van der Waals surface area contributed by atoms with E-state index in [0.29, 0.717) is 35.9 Å². The number of pyridine rings is 1. The number of amides is 1. The maximum atomic E-state index is 12.2. The molecular weight excluding hydrogens is 324 g/mol. The van der Waals surface area contributed by atoms with Crippen LogP contribution < -0.4 is 10.6 Å². The van der Waals surface area contributed by atoms with Gasteiger partial charge in [-0.15, -0.1) is 0 Å². The zero-order valence-corrected chi connectivity index (χ0v) is 12.8. The number of nitrogens with zero attached hydrogens (tertiary/aromatic N) is 2. The van der Waals surface area contributed by atoms with Crippen molar-refractivity contribution in [3.8, 4) is 0 Å². The Bertz CT molecular complexity index is 612. The molecule has 2 aromatic heterocycles. The normalized spacial score (nSPS) is 10.3. The minimum Gasteiger partial charge on any atom is -0.370 e. The van der Waals surface area contributed by atoms with Crippen molar-refractivity contribution in [2.75, 3.05) is 11.9 Å². The van der Waals surface area contributed by atoms with E-state index in [9.17, 15) is 4.79 Å². The minimum absolute atomic E-state index is 0.213. The van der Waals surface area contributed by atoms with Crippen LogP contribution >= 0.6 is 15.9 Å². The lowest BCUT2D eigenvalue weighted by molar-refractivity contribution is 0.0950. The molecule has 2 aromatic rings. The SMILES string of the molecule is CCNc1ncc(Br)cc1C(=O)NCc1cc(C)on1. The number of aromatic nitrogens is 2. The van der Waals surface area contributed by atoms with Gasteiger partial charge in [0.1, 0.15) is 17.3 Å². The second-order valence-corrected chi connectivity index (χ2v) is 5.11. The molecule has 7 heteroatoms. The number of anilines is 1. The van der Waals surface area contributed by atoms with Gasteiger partial charge < -0.3 is 15.2 Å². The van der Waals surface area contributed by atoms with Gasteiger partial charge in [0.05, 0.1) is 12.1 Å². The Balaban J connectivity index is 2.09. The molecule has 2 heterocycles. The molecule has 0 aliphatic heterocycles. The summed E-state index contributed by atoms with van der Waals surface area (Å²) in [7, 11) is 0. The van der Waals surface area contributed by atoms with Gasteiger partial charge in [0.25, 0.3) is 5.91 Å². The van der Waals surface area contributed by atoms with E-state index in [1.807, 2.05) is 6.92 Å². The summed E-state index contributed by atoms with van der Waals surface area (Å²) in [6.07, 6.45) is 1.65. The Hall–Kier alpha value is -1.89. The molecule has 2 N–H and O–H groups in total. The van der Waals surface area contributed by atoms with Crippen LogP contribution in [0, 0.1) is 6.92 Å². The summed E-state index contributed by atoms with van der Waals surface area (Å²) in [5.41, 5.74) is 1.17. The Labute approximate surface area is 125 Å². The zero-order valence-electron chi connectivity index (χ0n) is 11.2. The molecule has 0 bridgehead atoms. The first kappa shape index (κ1) is 14.5. The van der Waals surface area contributed by atoms with Crippen molar-refractivity contribution in [1.29, 1.82) is 0 Å². The third-order valence-corrected chi connectivity index (χ3v) is 2.98. The number of halogens is 1. The summed E-state index contributed by atoms with van der Waals surface area (Å²) < 4.78 is 5.70. The number of aryl methyl sites for hydroxylation is 1. The van der Waals surface area contributed by atoms with Gasteiger partial charge in [-0.1, -0.05) is 5.16 Å². The fourth-order valence-corrected chi connectivity index (χ4v) is 2.02. The average molecular weight is 339 g/mol. The predicted octanol–water partition coefficient (Wildman–Crippen LogP) is 2.50. The second-order valence-electron chi connectivity index (χ2n) is 4.19. The Morgan fingerprint density at radius 3 is 2.90 bits per heavy atom. The third-order valence-electron chi connectivity index (χ3n) is 2.55. The summed E-state index contributed by atoms with van der Waals surface area (Å²) in [4.78, 5) is 16.4. The largest absolute Gasteiger partial charge is 0.370 e. The Morgan fingerprint density at radius 2 is 2.25 bits per heavy atom. The summed E-state index contributed by atoms with van der Waals surface area (Å²) in [5, 5.41) is 9.68. The zero-order chi connectivity index (χ0) is 14.5. The molecule has 2 rings (SSSR count). The van der Waals surface area contributed by atoms with E-state index in [0.717, 1.165) is 4.47 Å². The van der Waals surface area contributed by atoms with Crippen LogP contribution in [0.4, 0.5) is 5.82 Å². The molecular formula is C13H15BrN4O2. The number of rotatable bonds is 5. The van der Waals surface area contributed by atoms with E-state index in [1.165, 1.54) is 0 Å². The van der Waals surface area contributed by atoms with E-state index in [2.05, 4.69) is 36.7 Å². The lowest BCUT2D eigenvalue weighted by Gasteiger charge is -2.09. The molecule has 0 saturated carbocycles. The van der Waals surface area contributed by atoms with E-state index in [-0.39, 0.29) is 5.91 Å². The highest BCUT2D eigenvalue weighted by Gasteiger charge is 2.13. The van der Waals surface area contributed by atoms with Crippen LogP contribution in [0.25, 0.3) is 0 Å². The minimum atomic E-state index is -0.213. The number of nitrogens with one attached hydrogen (secondary N) is 2. The topological polar surface area (TPSA) is 80.0 Å². The van der Waals surface area contributed by atoms with E-state index in [4.69, 9.17) is 4.52 Å². The van der Waals surface area contributed by atoms with Gasteiger partial charge in [-0.25, -0.2) is 4.98 Å². The van der Waals surface area contributed by atoms with E-state index in [1.54, 1.807) is 25.3 Å². The van der Waals surface area contributed by atoms with Crippen molar-refractivity contribution >= 4 is 27.7 Å². The maximum Gasteiger partial charge on any atom is 0.255 e. The average Bonchev–Trinajstić information content (AvgIpc) is 2.84. The highest BCUT2D eigenvalue weighted by atomic mass is 79.9. The van der Waals surface area contributed by atoms with Crippen LogP contribution in [0.15, 0.2) is 27.3 Å². The van der Waals surface area contributed by atoms with Gasteiger partial charge in [-0.2, -0.15) is 0 Å². The molecule has 20 heavy (non-hydrogen) atoms. The van der Waals surface area contributed by atoms with Crippen LogP contribution in [0.2, 0.25) is 0 Å². The quantitative estimate of drug-likeness (QED) is 0.875. The highest BCUT2D eigenvalue weighted by Crippen LogP contribution is 2.18. The van der Waals surface area contributed by atoms with E-state index >= 15 is 0 Å². The van der Waals surface area contributed by atoms with Crippen molar-refractivity contribution in [3.63, 3.8) is 0 Å². The Kier molecular flexibility index (Phi) is 4.73. The fourth-order valence-electron chi connectivity index (χ4n) is 1.69. The third kappa shape index (κ3) is 3.57. The lowest BCUT2D eigenvalue weighted by atomic mass is 10.2. The highest BCUT2D eigenvalue weighted by molar-refractivity contribution is 9.10. The number of hydrogen-bond acceptors (Lipinski definition) is 5. The molecule has 0 radical (unpaired) electrons. The van der Waals surface area contributed by atoms with Crippen LogP contribution in [0.1, 0.15) is 28.7 Å². The van der Waals surface area contributed by atoms with Crippen molar-refractivity contribution in [1.82, 2.24) is 15.5 Å². The molecule has 0 aromatic carbocycles. The molecule has 106 valence electrons. The van der Waals surface area contributed by atoms with Crippen molar-refractivity contribution in [2.45, 2.75) is 20.4 Å². The summed E-state index contributed by atoms with van der Waals surface area (Å²) in [5.74, 6) is 1.06. The van der Waals surface area contributed by atoms with Crippen molar-refractivity contribution in [3.05, 3.63) is 39.8 Å². The van der Waals surface area contributed by atoms with Gasteiger partial charge >= 0.3 is 0 Å². The molecule has 0 unspecified atom stereocenters. The second kappa shape index (κ2) is 6.51. The van der Waals surface area contributed by atoms with Crippen LogP contribution in [0.5, 0.6) is 0 Å². The smallest absolute Gasteiger partial charge is 0.255 e. The Morgan fingerprint density at radius 1 is 1.45 bits per heavy atom. The standard InChI is InChI=1S/C13H15BrN4O2/c1-3-15-12-11(5-9(14)6-16-12)13(19)17-7-10-4-8(2)20-18-10/h4-6H,3,7H2,1-2H3,(H,15,16)(H,17,19). The molecule has 0 aliphatic rings. The van der Waals surface area contributed by atoms with E-state index < -0.39 is 0 Å². The van der Waals surface area contributed by atoms with Crippen LogP contribution in [0.3, 0.4) is 0 Å². The molecule has 1 amide bonds. The molecule has 6 nitrogen and oxygen atoms in total. The molecule has 0 atom stereocenters. The molecule has 0 fully saturated rings. The first-order valence-corrected chi connectivity index (χ1v) is 6.99.